The second-order valence-corrected chi connectivity index (χ2v) is 12.7. The van der Waals surface area contributed by atoms with E-state index in [2.05, 4.69) is 10.7 Å². The van der Waals surface area contributed by atoms with Crippen molar-refractivity contribution >= 4 is 17.7 Å². The van der Waals surface area contributed by atoms with Gasteiger partial charge in [0.05, 0.1) is 29.9 Å². The molecule has 4 atom stereocenters. The number of carbonyl (C=O) groups is 3. The number of imide groups is 1. The Hall–Kier alpha value is -4.97. The topological polar surface area (TPSA) is 169 Å². The van der Waals surface area contributed by atoms with Crippen LogP contribution >= 0.6 is 0 Å². The first kappa shape index (κ1) is 30.7. The molecule has 0 saturated carbocycles. The number of hydrogen-bond acceptors (Lipinski definition) is 9. The fourth-order valence-electron chi connectivity index (χ4n) is 7.45. The number of hydrazine groups is 1. The molecule has 4 aliphatic rings. The van der Waals surface area contributed by atoms with Crippen LogP contribution < -0.4 is 10.7 Å². The Morgan fingerprint density at radius 3 is 2.30 bits per heavy atom. The molecule has 3 amide bonds. The molecule has 0 aromatic heterocycles. The lowest BCUT2D eigenvalue weighted by atomic mass is 9.83. The third-order valence-corrected chi connectivity index (χ3v) is 9.60. The molecule has 2 aliphatic carbocycles. The van der Waals surface area contributed by atoms with Gasteiger partial charge in [0.2, 0.25) is 0 Å². The largest absolute Gasteiger partial charge is 0.508 e. The van der Waals surface area contributed by atoms with Crippen LogP contribution in [0.5, 0.6) is 11.5 Å². The van der Waals surface area contributed by atoms with Crippen LogP contribution in [0.4, 0.5) is 0 Å². The molecule has 11 nitrogen and oxygen atoms in total. The molecule has 3 aromatic rings. The van der Waals surface area contributed by atoms with Crippen LogP contribution in [0.2, 0.25) is 0 Å². The summed E-state index contributed by atoms with van der Waals surface area (Å²) in [6, 6.07) is 9.97. The van der Waals surface area contributed by atoms with Gasteiger partial charge in [-0.2, -0.15) is 5.01 Å². The highest BCUT2D eigenvalue weighted by Gasteiger charge is 2.50. The smallest absolute Gasteiger partial charge is 0.286 e. The van der Waals surface area contributed by atoms with Gasteiger partial charge in [-0.3, -0.25) is 19.8 Å². The van der Waals surface area contributed by atoms with Gasteiger partial charge in [0.1, 0.15) is 23.3 Å². The fourth-order valence-corrected chi connectivity index (χ4v) is 7.45. The monoisotopic (exact) mass is 637 g/mol. The van der Waals surface area contributed by atoms with E-state index in [0.29, 0.717) is 50.9 Å². The molecule has 0 saturated heterocycles. The second kappa shape index (κ2) is 11.4. The van der Waals surface area contributed by atoms with Crippen molar-refractivity contribution in [3.63, 3.8) is 0 Å². The number of phenolic OH excluding ortho intramolecular Hbond substituents is 2. The molecule has 0 fully saturated rings. The van der Waals surface area contributed by atoms with E-state index in [1.165, 1.54) is 6.07 Å². The van der Waals surface area contributed by atoms with Crippen molar-refractivity contribution in [2.75, 3.05) is 6.61 Å². The molecule has 7 rings (SSSR count). The maximum absolute atomic E-state index is 14.4. The maximum atomic E-state index is 14.4. The minimum absolute atomic E-state index is 0.0334. The number of aliphatic hydroxyl groups excluding tert-OH is 2. The van der Waals surface area contributed by atoms with Gasteiger partial charge in [-0.05, 0) is 71.0 Å². The number of carbonyl (C=O) groups excluding carboxylic acids is 3. The SMILES string of the molecule is CC(C)C(O)C(CO)OC(C)C1c2c(O)cccc2-c2c3c(c4c(c21)Cc1c(O)cccc1-4)C(=O)N(NC(=O)C1=CCC=CN1)C3=O. The van der Waals surface area contributed by atoms with Gasteiger partial charge in [-0.1, -0.05) is 50.3 Å². The average molecular weight is 638 g/mol. The predicted molar refractivity (Wildman–Crippen MR) is 171 cm³/mol. The van der Waals surface area contributed by atoms with Crippen molar-refractivity contribution < 1.29 is 39.5 Å². The van der Waals surface area contributed by atoms with Gasteiger partial charge in [0, 0.05) is 23.5 Å². The molecule has 6 N–H and O–H groups in total. The van der Waals surface area contributed by atoms with Crippen LogP contribution in [-0.2, 0) is 16.0 Å². The number of fused-ring (bicyclic) bond motifs is 10. The second-order valence-electron chi connectivity index (χ2n) is 12.7. The first-order valence-corrected chi connectivity index (χ1v) is 15.7. The van der Waals surface area contributed by atoms with E-state index >= 15 is 0 Å². The highest BCUT2D eigenvalue weighted by Crippen LogP contribution is 2.59. The van der Waals surface area contributed by atoms with Crippen molar-refractivity contribution in [2.24, 2.45) is 5.92 Å². The van der Waals surface area contributed by atoms with E-state index in [1.807, 2.05) is 19.9 Å². The summed E-state index contributed by atoms with van der Waals surface area (Å²) in [5.41, 5.74) is 7.29. The number of rotatable bonds is 8. The van der Waals surface area contributed by atoms with Crippen molar-refractivity contribution in [3.8, 4) is 33.8 Å². The lowest BCUT2D eigenvalue weighted by Gasteiger charge is -2.31. The van der Waals surface area contributed by atoms with Gasteiger partial charge in [0.15, 0.2) is 0 Å². The number of aromatic hydroxyl groups is 2. The summed E-state index contributed by atoms with van der Waals surface area (Å²) in [7, 11) is 0. The minimum Gasteiger partial charge on any atom is -0.508 e. The zero-order chi connectivity index (χ0) is 33.3. The van der Waals surface area contributed by atoms with Crippen molar-refractivity contribution in [1.29, 1.82) is 0 Å². The Balaban J connectivity index is 1.44. The van der Waals surface area contributed by atoms with Crippen molar-refractivity contribution in [2.45, 2.75) is 57.8 Å². The van der Waals surface area contributed by atoms with Crippen LogP contribution in [0.3, 0.4) is 0 Å². The Morgan fingerprint density at radius 1 is 0.957 bits per heavy atom. The quantitative estimate of drug-likeness (QED) is 0.158. The molecule has 11 heteroatoms. The number of phenols is 2. The van der Waals surface area contributed by atoms with Crippen molar-refractivity contribution in [3.05, 3.63) is 93.8 Å². The Bertz CT molecular complexity index is 1930. The predicted octanol–water partition coefficient (Wildman–Crippen LogP) is 3.58. The van der Waals surface area contributed by atoms with Gasteiger partial charge < -0.3 is 30.5 Å². The maximum Gasteiger partial charge on any atom is 0.286 e. The number of nitrogens with one attached hydrogen (secondary N) is 2. The zero-order valence-electron chi connectivity index (χ0n) is 26.1. The normalized spacial score (nSPS) is 19.0. The number of amides is 3. The molecule has 3 aromatic carbocycles. The van der Waals surface area contributed by atoms with Crippen LogP contribution in [0, 0.1) is 5.92 Å². The van der Waals surface area contributed by atoms with E-state index in [1.54, 1.807) is 49.5 Å². The molecular formula is C36H35N3O8. The average Bonchev–Trinajstić information content (AvgIpc) is 3.69. The molecule has 0 bridgehead atoms. The molecular weight excluding hydrogens is 602 g/mol. The van der Waals surface area contributed by atoms with Gasteiger partial charge in [-0.25, -0.2) is 0 Å². The summed E-state index contributed by atoms with van der Waals surface area (Å²) in [6.07, 6.45) is 3.18. The van der Waals surface area contributed by atoms with Crippen molar-refractivity contribution in [1.82, 2.24) is 15.8 Å². The van der Waals surface area contributed by atoms with Gasteiger partial charge in [0.25, 0.3) is 17.7 Å². The van der Waals surface area contributed by atoms with E-state index in [-0.39, 0.29) is 40.7 Å². The number of hydrogen-bond donors (Lipinski definition) is 6. The zero-order valence-corrected chi connectivity index (χ0v) is 26.1. The number of dihydropyridines is 1. The molecule has 2 heterocycles. The third kappa shape index (κ3) is 4.56. The summed E-state index contributed by atoms with van der Waals surface area (Å²) in [6.45, 7) is 4.97. The first-order valence-electron chi connectivity index (χ1n) is 15.7. The lowest BCUT2D eigenvalue weighted by molar-refractivity contribution is -0.120. The number of ether oxygens (including phenoxy) is 1. The van der Waals surface area contributed by atoms with Crippen LogP contribution in [-0.4, -0.2) is 68.1 Å². The Morgan fingerprint density at radius 2 is 1.64 bits per heavy atom. The number of nitrogens with zero attached hydrogens (tertiary/aromatic N) is 1. The van der Waals surface area contributed by atoms with Gasteiger partial charge >= 0.3 is 0 Å². The number of benzene rings is 3. The van der Waals surface area contributed by atoms with E-state index in [9.17, 15) is 34.8 Å². The summed E-state index contributed by atoms with van der Waals surface area (Å²) < 4.78 is 6.35. The molecule has 0 spiro atoms. The third-order valence-electron chi connectivity index (χ3n) is 9.60. The number of aliphatic hydroxyl groups is 2. The Kier molecular flexibility index (Phi) is 7.42. The Labute approximate surface area is 270 Å². The molecule has 2 aliphatic heterocycles. The molecule has 4 unspecified atom stereocenters. The summed E-state index contributed by atoms with van der Waals surface area (Å²) in [5.74, 6) is -3.00. The van der Waals surface area contributed by atoms with Crippen LogP contribution in [0.25, 0.3) is 22.3 Å². The molecule has 47 heavy (non-hydrogen) atoms. The fraction of sp³-hybridized carbons (Fsp3) is 0.306. The van der Waals surface area contributed by atoms with E-state index < -0.39 is 48.6 Å². The van der Waals surface area contributed by atoms with E-state index in [0.717, 1.165) is 5.01 Å². The van der Waals surface area contributed by atoms with Crippen LogP contribution in [0.15, 0.2) is 60.4 Å². The molecule has 0 radical (unpaired) electrons. The number of allylic oxidation sites excluding steroid dienone is 2. The lowest BCUT2D eigenvalue weighted by Crippen LogP contribution is -2.47. The highest BCUT2D eigenvalue weighted by atomic mass is 16.5. The minimum atomic E-state index is -0.972. The summed E-state index contributed by atoms with van der Waals surface area (Å²) in [4.78, 5) is 41.8. The first-order chi connectivity index (χ1) is 22.5. The van der Waals surface area contributed by atoms with E-state index in [4.69, 9.17) is 4.74 Å². The van der Waals surface area contributed by atoms with Gasteiger partial charge in [-0.15, -0.1) is 0 Å². The van der Waals surface area contributed by atoms with Crippen LogP contribution in [0.1, 0.15) is 76.1 Å². The summed E-state index contributed by atoms with van der Waals surface area (Å²) >= 11 is 0. The molecule has 242 valence electrons. The summed E-state index contributed by atoms with van der Waals surface area (Å²) in [5, 5.41) is 46.8. The standard InChI is InChI=1S/C36H35N3O8/c1-16(2)33(43)25(15-40)47-17(3)26-28-19(9-7-12-24(28)42)29-30(26)21-14-20-18(8-6-11-23(20)41)27(21)31-32(29)36(46)39(35(31)45)38-34(44)22-10-4-5-13-37-22/h5-13,16-17,25-26,33,37,40-43H,4,14-15H2,1-3H3,(H,38,44). The highest BCUT2D eigenvalue weighted by molar-refractivity contribution is 6.28.